The lowest BCUT2D eigenvalue weighted by atomic mass is 9.95. The number of fused-ring (bicyclic) bond motifs is 2. The number of hydrogen-bond donors (Lipinski definition) is 2. The predicted octanol–water partition coefficient (Wildman–Crippen LogP) is 1.97. The van der Waals surface area contributed by atoms with E-state index in [0.717, 1.165) is 12.8 Å². The molecule has 2 fully saturated rings. The second kappa shape index (κ2) is 5.40. The van der Waals surface area contributed by atoms with E-state index in [2.05, 4.69) is 20.6 Å². The van der Waals surface area contributed by atoms with Crippen molar-refractivity contribution in [2.24, 2.45) is 0 Å². The van der Waals surface area contributed by atoms with Crippen LogP contribution in [0.3, 0.4) is 0 Å². The summed E-state index contributed by atoms with van der Waals surface area (Å²) in [6.45, 7) is 0. The summed E-state index contributed by atoms with van der Waals surface area (Å²) in [7, 11) is 0. The number of hydrogen-bond acceptors (Lipinski definition) is 5. The molecule has 4 heterocycles. The highest BCUT2D eigenvalue weighted by atomic mass is 32.1. The zero-order valence-corrected chi connectivity index (χ0v) is 12.6. The normalized spacial score (nSPS) is 26.3. The first kappa shape index (κ1) is 13.8. The van der Waals surface area contributed by atoms with E-state index in [1.807, 2.05) is 0 Å². The Labute approximate surface area is 131 Å². The van der Waals surface area contributed by atoms with Crippen LogP contribution in [0.15, 0.2) is 24.4 Å². The molecule has 2 N–H and O–H groups in total. The van der Waals surface area contributed by atoms with Gasteiger partial charge in [0.1, 0.15) is 0 Å². The summed E-state index contributed by atoms with van der Waals surface area (Å²) in [5, 5.41) is 6.94. The molecule has 7 heteroatoms. The third-order valence-electron chi connectivity index (χ3n) is 4.28. The summed E-state index contributed by atoms with van der Waals surface area (Å²) in [6, 6.07) is 5.71. The Bertz CT molecular complexity index is 719. The fourth-order valence-corrected chi connectivity index (χ4v) is 4.05. The molecule has 0 aliphatic carbocycles. The van der Waals surface area contributed by atoms with Gasteiger partial charge in [0, 0.05) is 24.3 Å². The van der Waals surface area contributed by atoms with Gasteiger partial charge in [-0.1, -0.05) is 6.07 Å². The number of amides is 1. The molecule has 1 amide bonds. The maximum absolute atomic E-state index is 13.2. The van der Waals surface area contributed by atoms with Gasteiger partial charge >= 0.3 is 0 Å². The Morgan fingerprint density at radius 2 is 2.32 bits per heavy atom. The number of carbonyl (C=O) groups is 1. The number of nitrogens with zero attached hydrogens (tertiary/aromatic N) is 2. The van der Waals surface area contributed by atoms with E-state index in [1.54, 1.807) is 18.3 Å². The molecule has 2 aromatic heterocycles. The molecule has 2 aliphatic heterocycles. The van der Waals surface area contributed by atoms with Crippen molar-refractivity contribution < 1.29 is 9.18 Å². The van der Waals surface area contributed by atoms with Gasteiger partial charge < -0.3 is 10.6 Å². The molecular weight excluding hydrogens is 303 g/mol. The maximum atomic E-state index is 13.2. The zero-order chi connectivity index (χ0) is 15.1. The molecule has 0 spiro atoms. The Kier molecular flexibility index (Phi) is 3.38. The molecule has 2 saturated heterocycles. The highest BCUT2D eigenvalue weighted by Crippen LogP contribution is 2.29. The van der Waals surface area contributed by atoms with Gasteiger partial charge in [0.05, 0.1) is 10.6 Å². The number of aromatic nitrogens is 2. The fourth-order valence-electron chi connectivity index (χ4n) is 3.26. The van der Waals surface area contributed by atoms with Crippen molar-refractivity contribution in [2.75, 3.05) is 0 Å². The number of carbonyl (C=O) groups excluding carboxylic acids is 1. The molecule has 2 bridgehead atoms. The summed E-state index contributed by atoms with van der Waals surface area (Å²) >= 11 is 1.23. The van der Waals surface area contributed by atoms with Crippen molar-refractivity contribution in [3.05, 3.63) is 35.4 Å². The van der Waals surface area contributed by atoms with Crippen LogP contribution in [-0.2, 0) is 0 Å². The summed E-state index contributed by atoms with van der Waals surface area (Å²) in [6.07, 6.45) is 4.87. The quantitative estimate of drug-likeness (QED) is 0.849. The molecule has 0 saturated carbocycles. The fraction of sp³-hybridized carbons (Fsp3) is 0.400. The van der Waals surface area contributed by atoms with Gasteiger partial charge in [0.15, 0.2) is 5.01 Å². The molecular formula is C15H15FN4OS. The van der Waals surface area contributed by atoms with Crippen LogP contribution in [-0.4, -0.2) is 34.0 Å². The number of nitrogens with one attached hydrogen (secondary N) is 2. The SMILES string of the molecule is O=C(NC1CC2CCC1N2)c1ncc(-c2cccc(F)n2)s1. The minimum absolute atomic E-state index is 0.160. The second-order valence-corrected chi connectivity index (χ2v) is 6.77. The lowest BCUT2D eigenvalue weighted by Crippen LogP contribution is -2.42. The van der Waals surface area contributed by atoms with Crippen molar-refractivity contribution in [3.8, 4) is 10.6 Å². The lowest BCUT2D eigenvalue weighted by Gasteiger charge is -2.20. The molecule has 3 unspecified atom stereocenters. The molecule has 22 heavy (non-hydrogen) atoms. The largest absolute Gasteiger partial charge is 0.346 e. The van der Waals surface area contributed by atoms with E-state index >= 15 is 0 Å². The topological polar surface area (TPSA) is 66.9 Å². The van der Waals surface area contributed by atoms with Gasteiger partial charge in [0.25, 0.3) is 5.91 Å². The third-order valence-corrected chi connectivity index (χ3v) is 5.30. The summed E-state index contributed by atoms with van der Waals surface area (Å²) < 4.78 is 13.2. The molecule has 5 nitrogen and oxygen atoms in total. The highest BCUT2D eigenvalue weighted by Gasteiger charge is 2.39. The van der Waals surface area contributed by atoms with Crippen LogP contribution in [0, 0.1) is 5.95 Å². The van der Waals surface area contributed by atoms with Crippen LogP contribution < -0.4 is 10.6 Å². The average Bonchev–Trinajstić information content (AvgIpc) is 3.23. The van der Waals surface area contributed by atoms with Crippen LogP contribution in [0.1, 0.15) is 29.1 Å². The number of halogens is 1. The zero-order valence-electron chi connectivity index (χ0n) is 11.8. The lowest BCUT2D eigenvalue weighted by molar-refractivity contribution is 0.0930. The van der Waals surface area contributed by atoms with Gasteiger partial charge in [0.2, 0.25) is 5.95 Å². The van der Waals surface area contributed by atoms with Crippen LogP contribution in [0.5, 0.6) is 0 Å². The number of pyridine rings is 1. The van der Waals surface area contributed by atoms with Gasteiger partial charge in [-0.15, -0.1) is 11.3 Å². The van der Waals surface area contributed by atoms with Crippen molar-refractivity contribution in [2.45, 2.75) is 37.4 Å². The van der Waals surface area contributed by atoms with Gasteiger partial charge in [-0.2, -0.15) is 4.39 Å². The Hall–Kier alpha value is -1.86. The first-order chi connectivity index (χ1) is 10.7. The van der Waals surface area contributed by atoms with E-state index in [4.69, 9.17) is 0 Å². The monoisotopic (exact) mass is 318 g/mol. The summed E-state index contributed by atoms with van der Waals surface area (Å²) in [5.74, 6) is -0.697. The van der Waals surface area contributed by atoms with Crippen LogP contribution >= 0.6 is 11.3 Å². The van der Waals surface area contributed by atoms with E-state index < -0.39 is 5.95 Å². The average molecular weight is 318 g/mol. The van der Waals surface area contributed by atoms with Crippen molar-refractivity contribution in [1.29, 1.82) is 0 Å². The molecule has 0 radical (unpaired) electrons. The highest BCUT2D eigenvalue weighted by molar-refractivity contribution is 7.16. The Morgan fingerprint density at radius 3 is 3.05 bits per heavy atom. The minimum Gasteiger partial charge on any atom is -0.346 e. The van der Waals surface area contributed by atoms with E-state index in [9.17, 15) is 9.18 Å². The number of rotatable bonds is 3. The first-order valence-electron chi connectivity index (χ1n) is 7.35. The molecule has 3 atom stereocenters. The molecule has 114 valence electrons. The van der Waals surface area contributed by atoms with E-state index in [0.29, 0.717) is 27.7 Å². The molecule has 4 rings (SSSR count). The Balaban J connectivity index is 1.48. The van der Waals surface area contributed by atoms with Gasteiger partial charge in [-0.3, -0.25) is 4.79 Å². The maximum Gasteiger partial charge on any atom is 0.280 e. The van der Waals surface area contributed by atoms with Crippen LogP contribution in [0.25, 0.3) is 10.6 Å². The smallest absolute Gasteiger partial charge is 0.280 e. The summed E-state index contributed by atoms with van der Waals surface area (Å²) in [5.41, 5.74) is 0.498. The van der Waals surface area contributed by atoms with Crippen LogP contribution in [0.4, 0.5) is 4.39 Å². The number of thiazole rings is 1. The van der Waals surface area contributed by atoms with E-state index in [-0.39, 0.29) is 11.9 Å². The van der Waals surface area contributed by atoms with Crippen LogP contribution in [0.2, 0.25) is 0 Å². The van der Waals surface area contributed by atoms with E-state index in [1.165, 1.54) is 23.8 Å². The predicted molar refractivity (Wildman–Crippen MR) is 81.1 cm³/mol. The third kappa shape index (κ3) is 2.50. The molecule has 0 aromatic carbocycles. The first-order valence-corrected chi connectivity index (χ1v) is 8.16. The Morgan fingerprint density at radius 1 is 1.41 bits per heavy atom. The summed E-state index contributed by atoms with van der Waals surface area (Å²) in [4.78, 5) is 21.0. The van der Waals surface area contributed by atoms with Gasteiger partial charge in [-0.25, -0.2) is 9.97 Å². The molecule has 2 aromatic rings. The molecule has 2 aliphatic rings. The minimum atomic E-state index is -0.537. The standard InChI is InChI=1S/C15H15FN4OS/c16-13-3-1-2-10(19-13)12-7-17-15(22-12)14(21)20-11-6-8-4-5-9(11)18-8/h1-3,7-9,11,18H,4-6H2,(H,20,21). The second-order valence-electron chi connectivity index (χ2n) is 5.74. The van der Waals surface area contributed by atoms with Crippen molar-refractivity contribution in [1.82, 2.24) is 20.6 Å². The van der Waals surface area contributed by atoms with Crippen molar-refractivity contribution >= 4 is 17.2 Å². The van der Waals surface area contributed by atoms with Crippen molar-refractivity contribution in [3.63, 3.8) is 0 Å². The van der Waals surface area contributed by atoms with Gasteiger partial charge in [-0.05, 0) is 31.4 Å².